The molecule has 0 radical (unpaired) electrons. The Bertz CT molecular complexity index is 442. The third-order valence-electron chi connectivity index (χ3n) is 2.44. The Balaban J connectivity index is 2.60. The molecule has 0 aliphatic carbocycles. The average molecular weight is 257 g/mol. The smallest absolute Gasteiger partial charge is 0.240 e. The van der Waals surface area contributed by atoms with Crippen molar-refractivity contribution in [3.63, 3.8) is 0 Å². The lowest BCUT2D eigenvalue weighted by Gasteiger charge is -2.10. The van der Waals surface area contributed by atoms with Crippen LogP contribution in [0.4, 0.5) is 0 Å². The van der Waals surface area contributed by atoms with Crippen LogP contribution in [-0.2, 0) is 10.0 Å². The van der Waals surface area contributed by atoms with Crippen molar-refractivity contribution in [3.05, 3.63) is 29.8 Å². The van der Waals surface area contributed by atoms with Gasteiger partial charge in [0.2, 0.25) is 10.0 Å². The van der Waals surface area contributed by atoms with Gasteiger partial charge in [-0.25, -0.2) is 13.1 Å². The molecule has 1 rings (SSSR count). The molecule has 5 N–H and O–H groups in total. The van der Waals surface area contributed by atoms with Crippen LogP contribution in [0.3, 0.4) is 0 Å². The molecule has 17 heavy (non-hydrogen) atoms. The van der Waals surface area contributed by atoms with Crippen LogP contribution >= 0.6 is 0 Å². The highest BCUT2D eigenvalue weighted by Crippen LogP contribution is 2.09. The molecule has 5 nitrogen and oxygen atoms in total. The van der Waals surface area contributed by atoms with E-state index in [1.807, 2.05) is 6.92 Å². The van der Waals surface area contributed by atoms with Crippen molar-refractivity contribution in [1.82, 2.24) is 4.72 Å². The molecule has 0 saturated carbocycles. The van der Waals surface area contributed by atoms with E-state index in [1.54, 1.807) is 24.3 Å². The summed E-state index contributed by atoms with van der Waals surface area (Å²) in [4.78, 5) is 0.268. The van der Waals surface area contributed by atoms with Gasteiger partial charge in [0, 0.05) is 19.1 Å². The fourth-order valence-electron chi connectivity index (χ4n) is 1.30. The van der Waals surface area contributed by atoms with Crippen LogP contribution in [0.25, 0.3) is 0 Å². The van der Waals surface area contributed by atoms with Crippen LogP contribution in [0.2, 0.25) is 0 Å². The molecule has 0 fully saturated rings. The molecule has 0 aliphatic heterocycles. The minimum atomic E-state index is -3.43. The Morgan fingerprint density at radius 2 is 1.88 bits per heavy atom. The van der Waals surface area contributed by atoms with Gasteiger partial charge < -0.3 is 11.5 Å². The van der Waals surface area contributed by atoms with Gasteiger partial charge in [-0.1, -0.05) is 17.7 Å². The topological polar surface area (TPSA) is 98.2 Å². The van der Waals surface area contributed by atoms with Crippen LogP contribution in [0.1, 0.15) is 12.0 Å². The van der Waals surface area contributed by atoms with E-state index in [1.165, 1.54) is 0 Å². The van der Waals surface area contributed by atoms with Crippen molar-refractivity contribution in [1.29, 1.82) is 0 Å². The van der Waals surface area contributed by atoms with E-state index in [0.29, 0.717) is 19.5 Å². The van der Waals surface area contributed by atoms with Crippen LogP contribution < -0.4 is 16.2 Å². The first-order chi connectivity index (χ1) is 7.95. The number of benzene rings is 1. The van der Waals surface area contributed by atoms with E-state index in [9.17, 15) is 8.42 Å². The lowest BCUT2D eigenvalue weighted by Crippen LogP contribution is -2.34. The highest BCUT2D eigenvalue weighted by Gasteiger charge is 2.13. The van der Waals surface area contributed by atoms with E-state index in [0.717, 1.165) is 5.56 Å². The van der Waals surface area contributed by atoms with Crippen molar-refractivity contribution in [2.75, 3.05) is 13.1 Å². The molecule has 6 heteroatoms. The van der Waals surface area contributed by atoms with Crippen molar-refractivity contribution >= 4 is 10.0 Å². The minimum absolute atomic E-state index is 0.171. The minimum Gasteiger partial charge on any atom is -0.329 e. The number of hydrogen-bond donors (Lipinski definition) is 3. The summed E-state index contributed by atoms with van der Waals surface area (Å²) in [6.45, 7) is 2.56. The third-order valence-corrected chi connectivity index (χ3v) is 3.92. The van der Waals surface area contributed by atoms with Gasteiger partial charge in [0.1, 0.15) is 0 Å². The molecule has 0 saturated heterocycles. The van der Waals surface area contributed by atoms with Crippen molar-refractivity contribution in [2.24, 2.45) is 11.5 Å². The second-order valence-electron chi connectivity index (χ2n) is 4.00. The fourth-order valence-corrected chi connectivity index (χ4v) is 2.34. The third kappa shape index (κ3) is 4.43. The zero-order chi connectivity index (χ0) is 12.9. The monoisotopic (exact) mass is 257 g/mol. The van der Waals surface area contributed by atoms with E-state index in [2.05, 4.69) is 4.72 Å². The summed E-state index contributed by atoms with van der Waals surface area (Å²) in [7, 11) is -3.43. The maximum atomic E-state index is 11.8. The highest BCUT2D eigenvalue weighted by atomic mass is 32.2. The Morgan fingerprint density at radius 1 is 1.29 bits per heavy atom. The molecule has 0 amide bonds. The van der Waals surface area contributed by atoms with Gasteiger partial charge in [0.05, 0.1) is 4.90 Å². The van der Waals surface area contributed by atoms with E-state index in [4.69, 9.17) is 11.5 Å². The van der Waals surface area contributed by atoms with Gasteiger partial charge in [-0.15, -0.1) is 0 Å². The van der Waals surface area contributed by atoms with Crippen LogP contribution in [0, 0.1) is 6.92 Å². The predicted octanol–water partition coefficient (Wildman–Crippen LogP) is -0.0506. The van der Waals surface area contributed by atoms with Crippen LogP contribution in [0.5, 0.6) is 0 Å². The molecule has 0 aliphatic rings. The lowest BCUT2D eigenvalue weighted by molar-refractivity contribution is 0.565. The van der Waals surface area contributed by atoms with Gasteiger partial charge in [-0.3, -0.25) is 0 Å². The quantitative estimate of drug-likeness (QED) is 0.665. The standard InChI is InChI=1S/C11H19N3O2S/c1-9-2-4-11(5-3-9)17(15,16)14-7-6-10(13)8-12/h2-5,10,14H,6-8,12-13H2,1H3/t10-/m0/s1. The maximum Gasteiger partial charge on any atom is 0.240 e. The molecule has 1 aromatic rings. The molecular weight excluding hydrogens is 238 g/mol. The molecule has 0 aromatic heterocycles. The Kier molecular flexibility index (Phi) is 5.07. The summed E-state index contributed by atoms with van der Waals surface area (Å²) in [5.74, 6) is 0. The molecule has 0 unspecified atom stereocenters. The SMILES string of the molecule is Cc1ccc(S(=O)(=O)NCC[C@H](N)CN)cc1. The van der Waals surface area contributed by atoms with Gasteiger partial charge in [0.25, 0.3) is 0 Å². The fraction of sp³-hybridized carbons (Fsp3) is 0.455. The first kappa shape index (κ1) is 14.1. The van der Waals surface area contributed by atoms with E-state index < -0.39 is 10.0 Å². The number of nitrogens with two attached hydrogens (primary N) is 2. The Labute approximate surface area is 102 Å². The first-order valence-electron chi connectivity index (χ1n) is 5.47. The summed E-state index contributed by atoms with van der Waals surface area (Å²) < 4.78 is 26.2. The largest absolute Gasteiger partial charge is 0.329 e. The van der Waals surface area contributed by atoms with Gasteiger partial charge >= 0.3 is 0 Å². The lowest BCUT2D eigenvalue weighted by atomic mass is 10.2. The van der Waals surface area contributed by atoms with Crippen molar-refractivity contribution in [3.8, 4) is 0 Å². The average Bonchev–Trinajstić information content (AvgIpc) is 2.29. The van der Waals surface area contributed by atoms with Crippen LogP contribution in [-0.4, -0.2) is 27.5 Å². The number of sulfonamides is 1. The Hall–Kier alpha value is -0.950. The zero-order valence-corrected chi connectivity index (χ0v) is 10.7. The number of rotatable bonds is 6. The number of aryl methyl sites for hydroxylation is 1. The van der Waals surface area contributed by atoms with Crippen molar-refractivity contribution < 1.29 is 8.42 Å². The summed E-state index contributed by atoms with van der Waals surface area (Å²) in [5.41, 5.74) is 12.0. The van der Waals surface area contributed by atoms with Crippen LogP contribution in [0.15, 0.2) is 29.2 Å². The van der Waals surface area contributed by atoms with Gasteiger partial charge in [0.15, 0.2) is 0 Å². The zero-order valence-electron chi connectivity index (χ0n) is 9.89. The van der Waals surface area contributed by atoms with Gasteiger partial charge in [-0.05, 0) is 25.5 Å². The predicted molar refractivity (Wildman–Crippen MR) is 68.0 cm³/mol. The summed E-state index contributed by atoms with van der Waals surface area (Å²) in [6, 6.07) is 6.53. The van der Waals surface area contributed by atoms with E-state index in [-0.39, 0.29) is 10.9 Å². The molecular formula is C11H19N3O2S. The first-order valence-corrected chi connectivity index (χ1v) is 6.96. The van der Waals surface area contributed by atoms with Crippen molar-refractivity contribution in [2.45, 2.75) is 24.3 Å². The molecule has 96 valence electrons. The molecule has 1 aromatic carbocycles. The highest BCUT2D eigenvalue weighted by molar-refractivity contribution is 7.89. The molecule has 0 heterocycles. The second-order valence-corrected chi connectivity index (χ2v) is 5.76. The molecule has 0 spiro atoms. The Morgan fingerprint density at radius 3 is 2.41 bits per heavy atom. The molecule has 0 bridgehead atoms. The normalized spacial score (nSPS) is 13.6. The van der Waals surface area contributed by atoms with E-state index >= 15 is 0 Å². The molecule has 1 atom stereocenters. The number of nitrogens with one attached hydrogen (secondary N) is 1. The summed E-state index contributed by atoms with van der Waals surface area (Å²) >= 11 is 0. The summed E-state index contributed by atoms with van der Waals surface area (Å²) in [5, 5.41) is 0. The van der Waals surface area contributed by atoms with Gasteiger partial charge in [-0.2, -0.15) is 0 Å². The summed E-state index contributed by atoms with van der Waals surface area (Å²) in [6.07, 6.45) is 0.529. The second kappa shape index (κ2) is 6.11. The maximum absolute atomic E-state index is 11.8. The number of hydrogen-bond acceptors (Lipinski definition) is 4.